The average molecular weight is 375 g/mol. The lowest BCUT2D eigenvalue weighted by molar-refractivity contribution is 0.222. The maximum Gasteiger partial charge on any atom is 0.0701 e. The molecule has 1 aromatic heterocycles. The Hall–Kier alpha value is 0.100. The molecule has 0 aliphatic carbocycles. The Morgan fingerprint density at radius 2 is 1.86 bits per heavy atom. The van der Waals surface area contributed by atoms with Gasteiger partial charge in [-0.1, -0.05) is 51.9 Å². The summed E-state index contributed by atoms with van der Waals surface area (Å²) < 4.78 is 1.21. The minimum atomic E-state index is 0.513. The molecule has 1 atom stereocenters. The fourth-order valence-corrected chi connectivity index (χ4v) is 3.90. The molecule has 2 nitrogen and oxygen atoms in total. The molecule has 0 spiro atoms. The first-order valence-electron chi connectivity index (χ1n) is 8.30. The summed E-state index contributed by atoms with van der Waals surface area (Å²) in [6, 6.07) is 2.72. The van der Waals surface area contributed by atoms with Crippen LogP contribution in [0, 0.1) is 0 Å². The van der Waals surface area contributed by atoms with Crippen LogP contribution in [-0.2, 0) is 6.54 Å². The molecule has 21 heavy (non-hydrogen) atoms. The highest BCUT2D eigenvalue weighted by Crippen LogP contribution is 2.22. The summed E-state index contributed by atoms with van der Waals surface area (Å²) >= 11 is 5.28. The molecule has 1 aromatic rings. The Morgan fingerprint density at radius 3 is 2.43 bits per heavy atom. The van der Waals surface area contributed by atoms with Gasteiger partial charge in [0.05, 0.1) is 3.79 Å². The molecule has 0 radical (unpaired) electrons. The van der Waals surface area contributed by atoms with Gasteiger partial charge in [0.2, 0.25) is 0 Å². The van der Waals surface area contributed by atoms with Crippen LogP contribution in [0.2, 0.25) is 0 Å². The Balaban J connectivity index is 2.18. The second-order valence-electron chi connectivity index (χ2n) is 5.97. The van der Waals surface area contributed by atoms with Gasteiger partial charge in [-0.2, -0.15) is 0 Å². The van der Waals surface area contributed by atoms with E-state index in [-0.39, 0.29) is 0 Å². The molecule has 2 N–H and O–H groups in total. The highest BCUT2D eigenvalue weighted by molar-refractivity contribution is 9.11. The van der Waals surface area contributed by atoms with E-state index in [0.29, 0.717) is 6.04 Å². The van der Waals surface area contributed by atoms with E-state index >= 15 is 0 Å². The van der Waals surface area contributed by atoms with Gasteiger partial charge in [-0.15, -0.1) is 11.3 Å². The third-order valence-corrected chi connectivity index (χ3v) is 5.64. The molecule has 0 bridgehead atoms. The van der Waals surface area contributed by atoms with Crippen LogP contribution in [0.5, 0.6) is 0 Å². The van der Waals surface area contributed by atoms with E-state index in [1.165, 1.54) is 60.7 Å². The highest BCUT2D eigenvalue weighted by Gasteiger charge is 2.13. The number of hydrogen-bond donors (Lipinski definition) is 1. The molecule has 1 heterocycles. The van der Waals surface area contributed by atoms with Crippen LogP contribution >= 0.6 is 27.3 Å². The SMILES string of the molecule is CCCCCCCCCC(CN)N(C)Cc1csc(Br)c1. The Bertz CT molecular complexity index is 367. The molecule has 1 unspecified atom stereocenters. The van der Waals surface area contributed by atoms with Gasteiger partial charge in [-0.3, -0.25) is 4.90 Å². The van der Waals surface area contributed by atoms with Gasteiger partial charge >= 0.3 is 0 Å². The summed E-state index contributed by atoms with van der Waals surface area (Å²) in [5.74, 6) is 0. The minimum absolute atomic E-state index is 0.513. The molecular weight excluding hydrogens is 344 g/mol. The van der Waals surface area contributed by atoms with Crippen molar-refractivity contribution < 1.29 is 0 Å². The Kier molecular flexibility index (Phi) is 10.6. The molecule has 0 saturated heterocycles. The number of hydrogen-bond acceptors (Lipinski definition) is 3. The molecule has 0 saturated carbocycles. The van der Waals surface area contributed by atoms with E-state index < -0.39 is 0 Å². The Labute approximate surface area is 143 Å². The van der Waals surface area contributed by atoms with Crippen LogP contribution in [0.4, 0.5) is 0 Å². The van der Waals surface area contributed by atoms with E-state index in [1.807, 2.05) is 0 Å². The number of thiophene rings is 1. The minimum Gasteiger partial charge on any atom is -0.329 e. The van der Waals surface area contributed by atoms with Crippen molar-refractivity contribution in [1.82, 2.24) is 4.90 Å². The van der Waals surface area contributed by atoms with Crippen molar-refractivity contribution in [1.29, 1.82) is 0 Å². The topological polar surface area (TPSA) is 29.3 Å². The number of rotatable bonds is 12. The van der Waals surface area contributed by atoms with E-state index in [9.17, 15) is 0 Å². The van der Waals surface area contributed by atoms with Crippen molar-refractivity contribution >= 4 is 27.3 Å². The van der Waals surface area contributed by atoms with E-state index in [2.05, 4.69) is 46.2 Å². The molecule has 1 rings (SSSR count). The smallest absolute Gasteiger partial charge is 0.0701 e. The number of halogens is 1. The maximum atomic E-state index is 5.96. The zero-order valence-electron chi connectivity index (χ0n) is 13.6. The quantitative estimate of drug-likeness (QED) is 0.495. The lowest BCUT2D eigenvalue weighted by Gasteiger charge is -2.26. The lowest BCUT2D eigenvalue weighted by atomic mass is 10.0. The van der Waals surface area contributed by atoms with E-state index in [1.54, 1.807) is 11.3 Å². The van der Waals surface area contributed by atoms with Gasteiger partial charge in [0, 0.05) is 19.1 Å². The monoisotopic (exact) mass is 374 g/mol. The first-order valence-corrected chi connectivity index (χ1v) is 9.97. The second kappa shape index (κ2) is 11.6. The molecule has 0 aliphatic rings. The summed E-state index contributed by atoms with van der Waals surface area (Å²) in [7, 11) is 2.20. The van der Waals surface area contributed by atoms with Gasteiger partial charge in [0.25, 0.3) is 0 Å². The Morgan fingerprint density at radius 1 is 1.19 bits per heavy atom. The predicted molar refractivity (Wildman–Crippen MR) is 98.9 cm³/mol. The summed E-state index contributed by atoms with van der Waals surface area (Å²) in [6.07, 6.45) is 10.8. The zero-order chi connectivity index (χ0) is 15.5. The summed E-state index contributed by atoms with van der Waals surface area (Å²) in [4.78, 5) is 2.41. The van der Waals surface area contributed by atoms with Crippen LogP contribution in [0.25, 0.3) is 0 Å². The molecule has 0 fully saturated rings. The van der Waals surface area contributed by atoms with Gasteiger partial charge < -0.3 is 5.73 Å². The number of nitrogens with two attached hydrogens (primary N) is 1. The first-order chi connectivity index (χ1) is 10.2. The highest BCUT2D eigenvalue weighted by atomic mass is 79.9. The second-order valence-corrected chi connectivity index (χ2v) is 8.26. The van der Waals surface area contributed by atoms with Crippen molar-refractivity contribution in [3.63, 3.8) is 0 Å². The van der Waals surface area contributed by atoms with Gasteiger partial charge in [-0.25, -0.2) is 0 Å². The van der Waals surface area contributed by atoms with Crippen molar-refractivity contribution in [3.05, 3.63) is 20.8 Å². The normalized spacial score (nSPS) is 13.0. The third-order valence-electron chi connectivity index (χ3n) is 4.09. The standard InChI is InChI=1S/C17H31BrN2S/c1-3-4-5-6-7-8-9-10-16(12-19)20(2)13-15-11-17(18)21-14-15/h11,14,16H,3-10,12-13,19H2,1-2H3. The fourth-order valence-electron chi connectivity index (χ4n) is 2.70. The molecule has 0 aliphatic heterocycles. The summed E-state index contributed by atoms with van der Waals surface area (Å²) in [6.45, 7) is 4.03. The molecule has 0 amide bonds. The third kappa shape index (κ3) is 8.34. The van der Waals surface area contributed by atoms with E-state index in [0.717, 1.165) is 13.1 Å². The molecule has 0 aromatic carbocycles. The predicted octanol–water partition coefficient (Wildman–Crippen LogP) is 5.41. The van der Waals surface area contributed by atoms with Crippen molar-refractivity contribution in [3.8, 4) is 0 Å². The van der Waals surface area contributed by atoms with Gasteiger partial charge in [0.1, 0.15) is 0 Å². The number of nitrogens with zero attached hydrogens (tertiary/aromatic N) is 1. The molecule has 122 valence electrons. The van der Waals surface area contributed by atoms with Crippen LogP contribution in [-0.4, -0.2) is 24.5 Å². The van der Waals surface area contributed by atoms with Gasteiger partial charge in [0.15, 0.2) is 0 Å². The molecular formula is C17H31BrN2S. The van der Waals surface area contributed by atoms with Crippen molar-refractivity contribution in [2.45, 2.75) is 70.9 Å². The van der Waals surface area contributed by atoms with E-state index in [4.69, 9.17) is 5.73 Å². The summed E-state index contributed by atoms with van der Waals surface area (Å²) in [5.41, 5.74) is 7.35. The zero-order valence-corrected chi connectivity index (χ0v) is 16.0. The first kappa shape index (κ1) is 19.1. The summed E-state index contributed by atoms with van der Waals surface area (Å²) in [5, 5.41) is 2.22. The maximum absolute atomic E-state index is 5.96. The van der Waals surface area contributed by atoms with Crippen molar-refractivity contribution in [2.24, 2.45) is 5.73 Å². The molecule has 4 heteroatoms. The lowest BCUT2D eigenvalue weighted by Crippen LogP contribution is -2.37. The van der Waals surface area contributed by atoms with Crippen LogP contribution < -0.4 is 5.73 Å². The number of unbranched alkanes of at least 4 members (excludes halogenated alkanes) is 6. The van der Waals surface area contributed by atoms with Crippen LogP contribution in [0.1, 0.15) is 63.9 Å². The fraction of sp³-hybridized carbons (Fsp3) is 0.765. The average Bonchev–Trinajstić information content (AvgIpc) is 2.87. The largest absolute Gasteiger partial charge is 0.329 e. The van der Waals surface area contributed by atoms with Crippen LogP contribution in [0.15, 0.2) is 15.2 Å². The van der Waals surface area contributed by atoms with Gasteiger partial charge in [-0.05, 0) is 46.4 Å². The number of likely N-dealkylation sites (N-methyl/N-ethyl adjacent to an activating group) is 1. The van der Waals surface area contributed by atoms with Crippen LogP contribution in [0.3, 0.4) is 0 Å². The van der Waals surface area contributed by atoms with Crippen molar-refractivity contribution in [2.75, 3.05) is 13.6 Å².